The first kappa shape index (κ1) is 11.6. The van der Waals surface area contributed by atoms with Crippen LogP contribution in [0.1, 0.15) is 26.3 Å². The maximum Gasteiger partial charge on any atom is 0.213 e. The molecule has 80 valence electrons. The first-order valence-electron chi connectivity index (χ1n) is 5.35. The molecule has 0 aliphatic heterocycles. The number of hydrogen-bond donors (Lipinski definition) is 0. The Morgan fingerprint density at radius 1 is 1.13 bits per heavy atom. The van der Waals surface area contributed by atoms with Gasteiger partial charge in [-0.15, -0.1) is 0 Å². The lowest BCUT2D eigenvalue weighted by Gasteiger charge is -1.99. The van der Waals surface area contributed by atoms with Gasteiger partial charge in [-0.05, 0) is 36.2 Å². The van der Waals surface area contributed by atoms with Crippen LogP contribution in [0.15, 0.2) is 30.3 Å². The molecule has 1 heterocycles. The number of rotatable bonds is 1. The molecule has 0 spiro atoms. The van der Waals surface area contributed by atoms with Crippen molar-refractivity contribution in [3.05, 3.63) is 41.8 Å². The third kappa shape index (κ3) is 2.75. The monoisotopic (exact) mass is 205 g/mol. The largest absolute Gasteiger partial charge is 0.220 e. The van der Waals surface area contributed by atoms with E-state index < -0.39 is 5.95 Å². The van der Waals surface area contributed by atoms with Gasteiger partial charge >= 0.3 is 0 Å². The SMILES string of the molecule is CC.CCc1ccc2nc(F)ccc2c1. The van der Waals surface area contributed by atoms with E-state index in [0.29, 0.717) is 0 Å². The zero-order valence-corrected chi connectivity index (χ0v) is 9.42. The van der Waals surface area contributed by atoms with Gasteiger partial charge in [0, 0.05) is 5.39 Å². The van der Waals surface area contributed by atoms with Gasteiger partial charge in [-0.1, -0.05) is 26.8 Å². The van der Waals surface area contributed by atoms with Gasteiger partial charge in [-0.25, -0.2) is 4.98 Å². The van der Waals surface area contributed by atoms with Crippen molar-refractivity contribution in [3.8, 4) is 0 Å². The van der Waals surface area contributed by atoms with Gasteiger partial charge in [0.1, 0.15) is 0 Å². The number of aryl methyl sites for hydroxylation is 1. The molecule has 0 saturated heterocycles. The summed E-state index contributed by atoms with van der Waals surface area (Å²) >= 11 is 0. The summed E-state index contributed by atoms with van der Waals surface area (Å²) in [5, 5.41) is 1.00. The lowest BCUT2D eigenvalue weighted by molar-refractivity contribution is 0.589. The van der Waals surface area contributed by atoms with E-state index in [1.54, 1.807) is 6.07 Å². The molecule has 1 aromatic heterocycles. The third-order valence-corrected chi connectivity index (χ3v) is 2.13. The number of nitrogens with zero attached hydrogens (tertiary/aromatic N) is 1. The van der Waals surface area contributed by atoms with Crippen LogP contribution in [0.2, 0.25) is 0 Å². The summed E-state index contributed by atoms with van der Waals surface area (Å²) in [6.45, 7) is 6.10. The van der Waals surface area contributed by atoms with Gasteiger partial charge in [0.05, 0.1) is 5.52 Å². The second kappa shape index (κ2) is 5.44. The number of halogens is 1. The molecule has 0 N–H and O–H groups in total. The fourth-order valence-corrected chi connectivity index (χ4v) is 1.37. The second-order valence-corrected chi connectivity index (χ2v) is 3.01. The zero-order valence-electron chi connectivity index (χ0n) is 9.42. The summed E-state index contributed by atoms with van der Waals surface area (Å²) in [5.74, 6) is -0.420. The minimum Gasteiger partial charge on any atom is -0.220 e. The Bertz CT molecular complexity index is 437. The molecule has 2 aromatic rings. The topological polar surface area (TPSA) is 12.9 Å². The average Bonchev–Trinajstić information content (AvgIpc) is 2.31. The molecular weight excluding hydrogens is 189 g/mol. The van der Waals surface area contributed by atoms with Crippen molar-refractivity contribution >= 4 is 10.9 Å². The molecule has 0 bridgehead atoms. The van der Waals surface area contributed by atoms with Crippen LogP contribution >= 0.6 is 0 Å². The lowest BCUT2D eigenvalue weighted by Crippen LogP contribution is -1.85. The molecule has 0 amide bonds. The highest BCUT2D eigenvalue weighted by atomic mass is 19.1. The Morgan fingerprint density at radius 2 is 1.87 bits per heavy atom. The van der Waals surface area contributed by atoms with Gasteiger partial charge in [0.15, 0.2) is 0 Å². The summed E-state index contributed by atoms with van der Waals surface area (Å²) in [4.78, 5) is 3.78. The van der Waals surface area contributed by atoms with Crippen molar-refractivity contribution in [1.29, 1.82) is 0 Å². The standard InChI is InChI=1S/C11H10FN.C2H6/c1-2-8-3-5-10-9(7-8)4-6-11(12)13-10;1-2/h3-7H,2H2,1H3;1-2H3. The smallest absolute Gasteiger partial charge is 0.213 e. The van der Waals surface area contributed by atoms with Gasteiger partial charge < -0.3 is 0 Å². The Morgan fingerprint density at radius 3 is 2.53 bits per heavy atom. The highest BCUT2D eigenvalue weighted by Crippen LogP contribution is 2.14. The van der Waals surface area contributed by atoms with Gasteiger partial charge in [0.25, 0.3) is 0 Å². The molecule has 0 aliphatic rings. The predicted molar refractivity (Wildman–Crippen MR) is 62.4 cm³/mol. The molecule has 0 unspecified atom stereocenters. The normalized spacial score (nSPS) is 9.60. The summed E-state index contributed by atoms with van der Waals surface area (Å²) in [7, 11) is 0. The Labute approximate surface area is 90.0 Å². The predicted octanol–water partition coefficient (Wildman–Crippen LogP) is 3.96. The maximum absolute atomic E-state index is 12.7. The number of pyridine rings is 1. The van der Waals surface area contributed by atoms with Crippen molar-refractivity contribution in [2.24, 2.45) is 0 Å². The maximum atomic E-state index is 12.7. The Hall–Kier alpha value is -1.44. The van der Waals surface area contributed by atoms with E-state index in [0.717, 1.165) is 17.3 Å². The summed E-state index contributed by atoms with van der Waals surface area (Å²) in [6.07, 6.45) is 0.993. The van der Waals surface area contributed by atoms with Crippen LogP contribution in [0.25, 0.3) is 10.9 Å². The number of fused-ring (bicyclic) bond motifs is 1. The molecule has 2 rings (SSSR count). The minimum atomic E-state index is -0.420. The van der Waals surface area contributed by atoms with Crippen molar-refractivity contribution in [3.63, 3.8) is 0 Å². The number of hydrogen-bond acceptors (Lipinski definition) is 1. The molecule has 1 aromatic carbocycles. The highest BCUT2D eigenvalue weighted by Gasteiger charge is 1.97. The molecule has 15 heavy (non-hydrogen) atoms. The fraction of sp³-hybridized carbons (Fsp3) is 0.308. The summed E-state index contributed by atoms with van der Waals surface area (Å²) in [5.41, 5.74) is 1.97. The average molecular weight is 205 g/mol. The van der Waals surface area contributed by atoms with Crippen LogP contribution in [-0.2, 0) is 6.42 Å². The molecular formula is C13H16FN. The number of aromatic nitrogens is 1. The van der Waals surface area contributed by atoms with Crippen LogP contribution in [0.3, 0.4) is 0 Å². The first-order chi connectivity index (χ1) is 7.29. The molecule has 0 atom stereocenters. The molecule has 0 aliphatic carbocycles. The minimum absolute atomic E-state index is 0.420. The molecule has 0 saturated carbocycles. The van der Waals surface area contributed by atoms with Crippen LogP contribution in [-0.4, -0.2) is 4.98 Å². The third-order valence-electron chi connectivity index (χ3n) is 2.13. The quantitative estimate of drug-likeness (QED) is 0.642. The van der Waals surface area contributed by atoms with Gasteiger partial charge in [-0.3, -0.25) is 0 Å². The summed E-state index contributed by atoms with van der Waals surface area (Å²) in [6, 6.07) is 9.03. The van der Waals surface area contributed by atoms with E-state index in [9.17, 15) is 4.39 Å². The first-order valence-corrected chi connectivity index (χ1v) is 5.35. The van der Waals surface area contributed by atoms with E-state index in [2.05, 4.69) is 11.9 Å². The van der Waals surface area contributed by atoms with Gasteiger partial charge in [0.2, 0.25) is 5.95 Å². The van der Waals surface area contributed by atoms with E-state index in [1.165, 1.54) is 11.6 Å². The molecule has 1 nitrogen and oxygen atoms in total. The zero-order chi connectivity index (χ0) is 11.3. The number of benzene rings is 1. The van der Waals surface area contributed by atoms with E-state index in [1.807, 2.05) is 32.0 Å². The van der Waals surface area contributed by atoms with Crippen LogP contribution in [0.4, 0.5) is 4.39 Å². The van der Waals surface area contributed by atoms with E-state index in [4.69, 9.17) is 0 Å². The summed E-state index contributed by atoms with van der Waals surface area (Å²) < 4.78 is 12.7. The van der Waals surface area contributed by atoms with Gasteiger partial charge in [-0.2, -0.15) is 4.39 Å². The Kier molecular flexibility index (Phi) is 4.22. The second-order valence-electron chi connectivity index (χ2n) is 3.01. The van der Waals surface area contributed by atoms with Crippen molar-refractivity contribution < 1.29 is 4.39 Å². The fourth-order valence-electron chi connectivity index (χ4n) is 1.37. The molecule has 0 fully saturated rings. The molecule has 2 heteroatoms. The van der Waals surface area contributed by atoms with Crippen LogP contribution in [0, 0.1) is 5.95 Å². The van der Waals surface area contributed by atoms with E-state index >= 15 is 0 Å². The van der Waals surface area contributed by atoms with Crippen LogP contribution in [0.5, 0.6) is 0 Å². The van der Waals surface area contributed by atoms with E-state index in [-0.39, 0.29) is 0 Å². The molecule has 0 radical (unpaired) electrons. The van der Waals surface area contributed by atoms with Crippen molar-refractivity contribution in [2.45, 2.75) is 27.2 Å². The lowest BCUT2D eigenvalue weighted by atomic mass is 10.1. The van der Waals surface area contributed by atoms with Crippen molar-refractivity contribution in [2.75, 3.05) is 0 Å². The van der Waals surface area contributed by atoms with Crippen LogP contribution < -0.4 is 0 Å². The highest BCUT2D eigenvalue weighted by molar-refractivity contribution is 5.78. The Balaban J connectivity index is 0.000000531. The van der Waals surface area contributed by atoms with Crippen molar-refractivity contribution in [1.82, 2.24) is 4.98 Å².